The van der Waals surface area contributed by atoms with E-state index < -0.39 is 5.97 Å². The average Bonchev–Trinajstić information content (AvgIpc) is 3.14. The Morgan fingerprint density at radius 2 is 1.68 bits per heavy atom. The zero-order chi connectivity index (χ0) is 13.3. The number of likely N-dealkylation sites (tertiary alicyclic amines) is 1. The molecule has 0 unspecified atom stereocenters. The SMILES string of the molecule is O=C(O)CCN1C(=O)[C@H]2[C@@H]3C=C[C@H]([C@@H]4C[C@H]34)[C@@H]2C1=O. The molecule has 2 amide bonds. The maximum atomic E-state index is 12.4. The Morgan fingerprint density at radius 3 is 2.16 bits per heavy atom. The van der Waals surface area contributed by atoms with Gasteiger partial charge < -0.3 is 5.11 Å². The van der Waals surface area contributed by atoms with E-state index in [-0.39, 0.29) is 48.5 Å². The van der Waals surface area contributed by atoms with Crippen LogP contribution in [0.3, 0.4) is 0 Å². The average molecular weight is 261 g/mol. The highest BCUT2D eigenvalue weighted by molar-refractivity contribution is 6.06. The highest BCUT2D eigenvalue weighted by atomic mass is 16.4. The Labute approximate surface area is 110 Å². The van der Waals surface area contributed by atoms with E-state index in [1.165, 1.54) is 4.90 Å². The number of aliphatic carboxylic acids is 1. The summed E-state index contributed by atoms with van der Waals surface area (Å²) in [4.78, 5) is 36.6. The van der Waals surface area contributed by atoms with Gasteiger partial charge in [0.15, 0.2) is 0 Å². The summed E-state index contributed by atoms with van der Waals surface area (Å²) in [5, 5.41) is 8.71. The van der Waals surface area contributed by atoms with Crippen molar-refractivity contribution in [1.29, 1.82) is 0 Å². The van der Waals surface area contributed by atoms with Crippen molar-refractivity contribution >= 4 is 17.8 Å². The van der Waals surface area contributed by atoms with Crippen LogP contribution in [0, 0.1) is 35.5 Å². The first kappa shape index (κ1) is 11.2. The fourth-order valence-electron chi connectivity index (χ4n) is 4.45. The Kier molecular flexibility index (Phi) is 2.04. The lowest BCUT2D eigenvalue weighted by Gasteiger charge is -2.37. The molecule has 1 saturated heterocycles. The number of carboxylic acid groups (broad SMARTS) is 1. The molecule has 2 bridgehead atoms. The molecular formula is C14H15NO4. The zero-order valence-electron chi connectivity index (χ0n) is 10.4. The van der Waals surface area contributed by atoms with E-state index >= 15 is 0 Å². The predicted molar refractivity (Wildman–Crippen MR) is 63.7 cm³/mol. The number of hydrogen-bond donors (Lipinski definition) is 1. The molecule has 6 atom stereocenters. The minimum Gasteiger partial charge on any atom is -0.481 e. The Bertz CT molecular complexity index is 490. The molecule has 5 aliphatic rings. The molecule has 0 radical (unpaired) electrons. The maximum Gasteiger partial charge on any atom is 0.305 e. The first-order valence-electron chi connectivity index (χ1n) is 6.85. The van der Waals surface area contributed by atoms with Crippen molar-refractivity contribution in [1.82, 2.24) is 4.90 Å². The summed E-state index contributed by atoms with van der Waals surface area (Å²) in [6, 6.07) is 0. The zero-order valence-corrected chi connectivity index (χ0v) is 10.4. The molecule has 1 aliphatic heterocycles. The van der Waals surface area contributed by atoms with Crippen LogP contribution < -0.4 is 0 Å². The van der Waals surface area contributed by atoms with Gasteiger partial charge in [0.1, 0.15) is 0 Å². The number of allylic oxidation sites excluding steroid dienone is 2. The van der Waals surface area contributed by atoms with Crippen molar-refractivity contribution in [2.75, 3.05) is 6.54 Å². The first-order chi connectivity index (χ1) is 9.09. The number of nitrogens with zero attached hydrogens (tertiary/aromatic N) is 1. The van der Waals surface area contributed by atoms with Crippen molar-refractivity contribution < 1.29 is 19.5 Å². The molecule has 2 saturated carbocycles. The van der Waals surface area contributed by atoms with Crippen LogP contribution in [0.2, 0.25) is 0 Å². The summed E-state index contributed by atoms with van der Waals surface area (Å²) in [7, 11) is 0. The quantitative estimate of drug-likeness (QED) is 0.593. The fourth-order valence-corrected chi connectivity index (χ4v) is 4.45. The van der Waals surface area contributed by atoms with Crippen LogP contribution in [0.5, 0.6) is 0 Å². The Hall–Kier alpha value is -1.65. The predicted octanol–water partition coefficient (Wildman–Crippen LogP) is 0.514. The van der Waals surface area contributed by atoms with Gasteiger partial charge in [0.2, 0.25) is 11.8 Å². The standard InChI is InChI=1S/C14H15NO4/c16-10(17)3-4-15-13(18)11-6-1-2-7(9-5-8(6)9)12(11)14(15)19/h1-2,6-9,11-12H,3-5H2,(H,16,17)/t6-,7-,8-,9+,11+,12+/m1/s1. The van der Waals surface area contributed by atoms with Crippen LogP contribution >= 0.6 is 0 Å². The van der Waals surface area contributed by atoms with Crippen LogP contribution in [0.1, 0.15) is 12.8 Å². The molecule has 0 aromatic carbocycles. The third kappa shape index (κ3) is 1.33. The molecule has 5 heteroatoms. The van der Waals surface area contributed by atoms with Crippen LogP contribution in [0.25, 0.3) is 0 Å². The van der Waals surface area contributed by atoms with Crippen LogP contribution in [0.4, 0.5) is 0 Å². The third-order valence-electron chi connectivity index (χ3n) is 5.30. The van der Waals surface area contributed by atoms with E-state index in [1.54, 1.807) is 0 Å². The third-order valence-corrected chi connectivity index (χ3v) is 5.30. The number of rotatable bonds is 3. The second kappa shape index (κ2) is 3.46. The van der Waals surface area contributed by atoms with Gasteiger partial charge in [-0.15, -0.1) is 0 Å². The minimum absolute atomic E-state index is 0.0226. The first-order valence-corrected chi connectivity index (χ1v) is 6.85. The van der Waals surface area contributed by atoms with Gasteiger partial charge in [0.05, 0.1) is 18.3 Å². The molecule has 1 N–H and O–H groups in total. The molecule has 0 aromatic rings. The molecule has 5 nitrogen and oxygen atoms in total. The normalized spacial score (nSPS) is 45.4. The smallest absolute Gasteiger partial charge is 0.305 e. The minimum atomic E-state index is -0.973. The molecule has 0 spiro atoms. The van der Waals surface area contributed by atoms with Crippen molar-refractivity contribution in [3.63, 3.8) is 0 Å². The van der Waals surface area contributed by atoms with E-state index in [9.17, 15) is 14.4 Å². The number of carbonyl (C=O) groups is 3. The lowest BCUT2D eigenvalue weighted by molar-refractivity contribution is -0.142. The summed E-state index contributed by atoms with van der Waals surface area (Å²) in [6.45, 7) is 0.0226. The van der Waals surface area contributed by atoms with Crippen molar-refractivity contribution in [3.8, 4) is 0 Å². The number of carbonyl (C=O) groups excluding carboxylic acids is 2. The second-order valence-corrected chi connectivity index (χ2v) is 6.13. The highest BCUT2D eigenvalue weighted by Crippen LogP contribution is 2.65. The number of amides is 2. The van der Waals surface area contributed by atoms with Crippen LogP contribution in [-0.2, 0) is 14.4 Å². The maximum absolute atomic E-state index is 12.4. The topological polar surface area (TPSA) is 74.7 Å². The van der Waals surface area contributed by atoms with Gasteiger partial charge in [-0.3, -0.25) is 19.3 Å². The van der Waals surface area contributed by atoms with Gasteiger partial charge in [-0.2, -0.15) is 0 Å². The van der Waals surface area contributed by atoms with Crippen molar-refractivity contribution in [2.24, 2.45) is 35.5 Å². The van der Waals surface area contributed by atoms with Gasteiger partial charge in [0.25, 0.3) is 0 Å². The van der Waals surface area contributed by atoms with Gasteiger partial charge >= 0.3 is 5.97 Å². The summed E-state index contributed by atoms with van der Waals surface area (Å²) in [5.41, 5.74) is 0. The van der Waals surface area contributed by atoms with E-state index in [0.717, 1.165) is 6.42 Å². The van der Waals surface area contributed by atoms with Gasteiger partial charge in [-0.1, -0.05) is 12.2 Å². The van der Waals surface area contributed by atoms with E-state index in [4.69, 9.17) is 5.11 Å². The van der Waals surface area contributed by atoms with Gasteiger partial charge in [-0.25, -0.2) is 0 Å². The second-order valence-electron chi connectivity index (χ2n) is 6.13. The molecule has 5 rings (SSSR count). The lowest BCUT2D eigenvalue weighted by Crippen LogP contribution is -2.40. The summed E-state index contributed by atoms with van der Waals surface area (Å²) >= 11 is 0. The molecule has 100 valence electrons. The molecule has 3 fully saturated rings. The summed E-state index contributed by atoms with van der Waals surface area (Å²) in [6.07, 6.45) is 5.22. The fraction of sp³-hybridized carbons (Fsp3) is 0.643. The number of carboxylic acids is 1. The largest absolute Gasteiger partial charge is 0.481 e. The lowest BCUT2D eigenvalue weighted by atomic mass is 9.63. The van der Waals surface area contributed by atoms with Gasteiger partial charge in [-0.05, 0) is 30.1 Å². The molecule has 1 heterocycles. The van der Waals surface area contributed by atoms with Crippen LogP contribution in [-0.4, -0.2) is 34.3 Å². The van der Waals surface area contributed by atoms with Crippen LogP contribution in [0.15, 0.2) is 12.2 Å². The molecule has 19 heavy (non-hydrogen) atoms. The van der Waals surface area contributed by atoms with E-state index in [1.807, 2.05) is 0 Å². The summed E-state index contributed by atoms with van der Waals surface area (Å²) in [5.74, 6) is -0.0567. The van der Waals surface area contributed by atoms with Crippen molar-refractivity contribution in [2.45, 2.75) is 12.8 Å². The Balaban J connectivity index is 1.63. The van der Waals surface area contributed by atoms with E-state index in [2.05, 4.69) is 12.2 Å². The highest BCUT2D eigenvalue weighted by Gasteiger charge is 2.66. The molecule has 4 aliphatic carbocycles. The Morgan fingerprint density at radius 1 is 1.16 bits per heavy atom. The van der Waals surface area contributed by atoms with Gasteiger partial charge in [0, 0.05) is 6.54 Å². The number of imide groups is 1. The van der Waals surface area contributed by atoms with Crippen molar-refractivity contribution in [3.05, 3.63) is 12.2 Å². The summed E-state index contributed by atoms with van der Waals surface area (Å²) < 4.78 is 0. The number of hydrogen-bond acceptors (Lipinski definition) is 3. The molecule has 0 aromatic heterocycles. The van der Waals surface area contributed by atoms with E-state index in [0.29, 0.717) is 11.8 Å². The monoisotopic (exact) mass is 261 g/mol. The molecular weight excluding hydrogens is 246 g/mol.